The third kappa shape index (κ3) is 4.99. The molecule has 2 aromatic rings. The van der Waals surface area contributed by atoms with Gasteiger partial charge in [0.2, 0.25) is 5.75 Å². The maximum atomic E-state index is 12.4. The summed E-state index contributed by atoms with van der Waals surface area (Å²) in [5.41, 5.74) is 1.26. The topological polar surface area (TPSA) is 71.1 Å². The Kier molecular flexibility index (Phi) is 7.02. The zero-order valence-corrected chi connectivity index (χ0v) is 15.1. The molecule has 0 amide bonds. The Morgan fingerprint density at radius 2 is 1.65 bits per heavy atom. The van der Waals surface area contributed by atoms with E-state index in [1.165, 1.54) is 20.3 Å². The standard InChI is InChI=1S/C20H22O6/c1-4-25-19(22)12-16(21)15-10-17(23-2)20(24-3)18(11-15)26-13-14-8-6-5-7-9-14/h5-11H,4,12-13H2,1-3H3. The highest BCUT2D eigenvalue weighted by Gasteiger charge is 2.19. The third-order valence-electron chi connectivity index (χ3n) is 3.61. The van der Waals surface area contributed by atoms with Gasteiger partial charge < -0.3 is 18.9 Å². The second-order valence-corrected chi connectivity index (χ2v) is 5.39. The summed E-state index contributed by atoms with van der Waals surface area (Å²) in [6.07, 6.45) is -0.346. The van der Waals surface area contributed by atoms with Crippen LogP contribution in [0.15, 0.2) is 42.5 Å². The number of carbonyl (C=O) groups excluding carboxylic acids is 2. The van der Waals surface area contributed by atoms with Crippen LogP contribution in [0.2, 0.25) is 0 Å². The van der Waals surface area contributed by atoms with Crippen molar-refractivity contribution in [2.24, 2.45) is 0 Å². The SMILES string of the molecule is CCOC(=O)CC(=O)c1cc(OC)c(OC)c(OCc2ccccc2)c1. The number of ketones is 1. The molecule has 6 heteroatoms. The second kappa shape index (κ2) is 9.46. The van der Waals surface area contributed by atoms with E-state index in [4.69, 9.17) is 18.9 Å². The Morgan fingerprint density at radius 3 is 2.27 bits per heavy atom. The highest BCUT2D eigenvalue weighted by molar-refractivity contribution is 6.06. The van der Waals surface area contributed by atoms with Gasteiger partial charge in [-0.2, -0.15) is 0 Å². The van der Waals surface area contributed by atoms with E-state index in [-0.39, 0.29) is 18.8 Å². The van der Waals surface area contributed by atoms with Gasteiger partial charge in [-0.1, -0.05) is 30.3 Å². The van der Waals surface area contributed by atoms with Gasteiger partial charge in [-0.05, 0) is 24.6 Å². The number of esters is 1. The first-order valence-electron chi connectivity index (χ1n) is 8.20. The van der Waals surface area contributed by atoms with E-state index in [0.29, 0.717) is 29.4 Å². The summed E-state index contributed by atoms with van der Waals surface area (Å²) in [6, 6.07) is 12.7. The van der Waals surface area contributed by atoms with Crippen molar-refractivity contribution in [3.05, 3.63) is 53.6 Å². The van der Waals surface area contributed by atoms with Crippen molar-refractivity contribution in [2.75, 3.05) is 20.8 Å². The number of Topliss-reactive ketones (excluding diaryl/α,β-unsaturated/α-hetero) is 1. The predicted octanol–water partition coefficient (Wildman–Crippen LogP) is 3.42. The van der Waals surface area contributed by atoms with Crippen molar-refractivity contribution in [3.8, 4) is 17.2 Å². The van der Waals surface area contributed by atoms with Gasteiger partial charge in [-0.3, -0.25) is 9.59 Å². The molecule has 6 nitrogen and oxygen atoms in total. The van der Waals surface area contributed by atoms with Crippen LogP contribution >= 0.6 is 0 Å². The van der Waals surface area contributed by atoms with E-state index in [2.05, 4.69) is 0 Å². The van der Waals surface area contributed by atoms with Crippen LogP contribution in [0, 0.1) is 0 Å². The van der Waals surface area contributed by atoms with Crippen molar-refractivity contribution < 1.29 is 28.5 Å². The molecule has 0 aliphatic heterocycles. The predicted molar refractivity (Wildman–Crippen MR) is 95.9 cm³/mol. The van der Waals surface area contributed by atoms with Crippen LogP contribution in [0.4, 0.5) is 0 Å². The Bertz CT molecular complexity index is 754. The van der Waals surface area contributed by atoms with E-state index in [1.807, 2.05) is 30.3 Å². The average molecular weight is 358 g/mol. The number of carbonyl (C=O) groups is 2. The van der Waals surface area contributed by atoms with Crippen LogP contribution in [0.5, 0.6) is 17.2 Å². The van der Waals surface area contributed by atoms with Gasteiger partial charge in [0, 0.05) is 5.56 Å². The molecule has 0 aromatic heterocycles. The molecule has 0 aliphatic carbocycles. The Hall–Kier alpha value is -3.02. The molecule has 0 atom stereocenters. The highest BCUT2D eigenvalue weighted by atomic mass is 16.5. The molecule has 0 radical (unpaired) electrons. The third-order valence-corrected chi connectivity index (χ3v) is 3.61. The fourth-order valence-corrected chi connectivity index (χ4v) is 2.38. The smallest absolute Gasteiger partial charge is 0.313 e. The van der Waals surface area contributed by atoms with E-state index in [9.17, 15) is 9.59 Å². The molecule has 0 saturated heterocycles. The largest absolute Gasteiger partial charge is 0.493 e. The quantitative estimate of drug-likeness (QED) is 0.389. The molecule has 0 fully saturated rings. The highest BCUT2D eigenvalue weighted by Crippen LogP contribution is 2.39. The minimum absolute atomic E-state index is 0.226. The molecule has 0 N–H and O–H groups in total. The number of methoxy groups -OCH3 is 2. The van der Waals surface area contributed by atoms with Crippen molar-refractivity contribution in [1.29, 1.82) is 0 Å². The zero-order valence-electron chi connectivity index (χ0n) is 15.1. The van der Waals surface area contributed by atoms with E-state index in [1.54, 1.807) is 13.0 Å². The minimum atomic E-state index is -0.570. The molecule has 0 saturated carbocycles. The molecular weight excluding hydrogens is 336 g/mol. The zero-order chi connectivity index (χ0) is 18.9. The normalized spacial score (nSPS) is 10.1. The summed E-state index contributed by atoms with van der Waals surface area (Å²) in [4.78, 5) is 23.9. The minimum Gasteiger partial charge on any atom is -0.493 e. The Labute approximate surface area is 152 Å². The van der Waals surface area contributed by atoms with Crippen molar-refractivity contribution in [3.63, 3.8) is 0 Å². The lowest BCUT2D eigenvalue weighted by molar-refractivity contribution is -0.141. The van der Waals surface area contributed by atoms with Gasteiger partial charge in [-0.15, -0.1) is 0 Å². The summed E-state index contributed by atoms with van der Waals surface area (Å²) in [5, 5.41) is 0. The number of benzene rings is 2. The lowest BCUT2D eigenvalue weighted by Crippen LogP contribution is -2.12. The lowest BCUT2D eigenvalue weighted by Gasteiger charge is -2.15. The molecule has 0 spiro atoms. The van der Waals surface area contributed by atoms with Crippen LogP contribution in [0.3, 0.4) is 0 Å². The van der Waals surface area contributed by atoms with E-state index < -0.39 is 5.97 Å². The monoisotopic (exact) mass is 358 g/mol. The molecule has 0 heterocycles. The lowest BCUT2D eigenvalue weighted by atomic mass is 10.1. The summed E-state index contributed by atoms with van der Waals surface area (Å²) in [6.45, 7) is 2.22. The maximum absolute atomic E-state index is 12.4. The molecule has 138 valence electrons. The van der Waals surface area contributed by atoms with Crippen molar-refractivity contribution >= 4 is 11.8 Å². The van der Waals surface area contributed by atoms with Gasteiger partial charge >= 0.3 is 5.97 Å². The first-order valence-corrected chi connectivity index (χ1v) is 8.20. The molecule has 0 bridgehead atoms. The summed E-state index contributed by atoms with van der Waals surface area (Å²) in [5.74, 6) is 0.150. The second-order valence-electron chi connectivity index (χ2n) is 5.39. The number of hydrogen-bond acceptors (Lipinski definition) is 6. The number of hydrogen-bond donors (Lipinski definition) is 0. The van der Waals surface area contributed by atoms with Crippen LogP contribution in [-0.4, -0.2) is 32.6 Å². The van der Waals surface area contributed by atoms with Crippen LogP contribution < -0.4 is 14.2 Å². The molecule has 2 rings (SSSR count). The van der Waals surface area contributed by atoms with Crippen molar-refractivity contribution in [1.82, 2.24) is 0 Å². The molecule has 26 heavy (non-hydrogen) atoms. The van der Waals surface area contributed by atoms with Gasteiger partial charge in [-0.25, -0.2) is 0 Å². The molecule has 0 unspecified atom stereocenters. The fraction of sp³-hybridized carbons (Fsp3) is 0.300. The summed E-state index contributed by atoms with van der Waals surface area (Å²) < 4.78 is 21.3. The van der Waals surface area contributed by atoms with E-state index >= 15 is 0 Å². The van der Waals surface area contributed by atoms with Gasteiger partial charge in [0.25, 0.3) is 0 Å². The van der Waals surface area contributed by atoms with Crippen molar-refractivity contribution in [2.45, 2.75) is 20.0 Å². The van der Waals surface area contributed by atoms with Gasteiger partial charge in [0.15, 0.2) is 17.3 Å². The Balaban J connectivity index is 2.27. The summed E-state index contributed by atoms with van der Waals surface area (Å²) in [7, 11) is 2.96. The fourth-order valence-electron chi connectivity index (χ4n) is 2.38. The number of rotatable bonds is 9. The maximum Gasteiger partial charge on any atom is 0.313 e. The first-order chi connectivity index (χ1) is 12.6. The Morgan fingerprint density at radius 1 is 0.962 bits per heavy atom. The first kappa shape index (κ1) is 19.3. The molecular formula is C20H22O6. The average Bonchev–Trinajstić information content (AvgIpc) is 2.66. The van der Waals surface area contributed by atoms with Crippen LogP contribution in [0.25, 0.3) is 0 Å². The van der Waals surface area contributed by atoms with Crippen LogP contribution in [0.1, 0.15) is 29.3 Å². The van der Waals surface area contributed by atoms with Gasteiger partial charge in [0.1, 0.15) is 13.0 Å². The number of ether oxygens (including phenoxy) is 4. The van der Waals surface area contributed by atoms with E-state index in [0.717, 1.165) is 5.56 Å². The molecule has 0 aliphatic rings. The summed E-state index contributed by atoms with van der Waals surface area (Å²) >= 11 is 0. The van der Waals surface area contributed by atoms with Gasteiger partial charge in [0.05, 0.1) is 20.8 Å². The molecule has 2 aromatic carbocycles. The van der Waals surface area contributed by atoms with Crippen LogP contribution in [-0.2, 0) is 16.1 Å².